The number of rotatable bonds is 2. The Morgan fingerprint density at radius 3 is 2.70 bits per heavy atom. The first-order valence-electron chi connectivity index (χ1n) is 6.44. The van der Waals surface area contributed by atoms with E-state index in [4.69, 9.17) is 10.5 Å². The molecule has 0 saturated carbocycles. The van der Waals surface area contributed by atoms with Crippen LogP contribution in [-0.4, -0.2) is 11.9 Å². The van der Waals surface area contributed by atoms with Gasteiger partial charge in [-0.25, -0.2) is 4.39 Å². The monoisotopic (exact) mass is 271 g/mol. The Morgan fingerprint density at radius 2 is 1.95 bits per heavy atom. The van der Waals surface area contributed by atoms with E-state index in [-0.39, 0.29) is 17.6 Å². The van der Waals surface area contributed by atoms with Crippen LogP contribution in [-0.2, 0) is 6.42 Å². The molecule has 20 heavy (non-hydrogen) atoms. The first-order valence-corrected chi connectivity index (χ1v) is 6.44. The van der Waals surface area contributed by atoms with Crippen molar-refractivity contribution in [3.8, 4) is 5.75 Å². The number of nitrogen functional groups attached to an aromatic ring is 1. The van der Waals surface area contributed by atoms with Gasteiger partial charge in [0.2, 0.25) is 0 Å². The third kappa shape index (κ3) is 2.13. The minimum Gasteiger partial charge on any atom is -0.490 e. The molecular weight excluding hydrogens is 257 g/mol. The molecule has 0 aromatic heterocycles. The first-order chi connectivity index (χ1) is 9.54. The van der Waals surface area contributed by atoms with Crippen molar-refractivity contribution in [1.29, 1.82) is 0 Å². The van der Waals surface area contributed by atoms with E-state index in [0.717, 1.165) is 17.7 Å². The summed E-state index contributed by atoms with van der Waals surface area (Å²) in [7, 11) is 0. The highest BCUT2D eigenvalue weighted by atomic mass is 19.1. The molecule has 1 aliphatic heterocycles. The molecular formula is C16H14FNO2. The highest BCUT2D eigenvalue weighted by Crippen LogP contribution is 2.30. The van der Waals surface area contributed by atoms with Crippen LogP contribution in [0.25, 0.3) is 0 Å². The van der Waals surface area contributed by atoms with Gasteiger partial charge >= 0.3 is 0 Å². The molecule has 0 spiro atoms. The zero-order chi connectivity index (χ0) is 14.3. The van der Waals surface area contributed by atoms with Gasteiger partial charge < -0.3 is 10.5 Å². The van der Waals surface area contributed by atoms with Crippen molar-refractivity contribution in [3.63, 3.8) is 0 Å². The fraction of sp³-hybridized carbons (Fsp3) is 0.188. The van der Waals surface area contributed by atoms with Gasteiger partial charge in [0, 0.05) is 17.5 Å². The predicted octanol–water partition coefficient (Wildman–Crippen LogP) is 2.96. The normalized spacial score (nSPS) is 16.6. The lowest BCUT2D eigenvalue weighted by Gasteiger charge is -2.05. The third-order valence-corrected chi connectivity index (χ3v) is 3.42. The van der Waals surface area contributed by atoms with Gasteiger partial charge in [-0.1, -0.05) is 0 Å². The van der Waals surface area contributed by atoms with Crippen LogP contribution < -0.4 is 10.5 Å². The number of hydrogen-bond acceptors (Lipinski definition) is 3. The van der Waals surface area contributed by atoms with Crippen LogP contribution in [0.5, 0.6) is 5.75 Å². The molecule has 0 bridgehead atoms. The van der Waals surface area contributed by atoms with Crippen molar-refractivity contribution < 1.29 is 13.9 Å². The summed E-state index contributed by atoms with van der Waals surface area (Å²) in [5.74, 6) is 0.143. The van der Waals surface area contributed by atoms with Gasteiger partial charge in [0.15, 0.2) is 5.78 Å². The number of benzene rings is 2. The summed E-state index contributed by atoms with van der Waals surface area (Å²) >= 11 is 0. The fourth-order valence-electron chi connectivity index (χ4n) is 2.41. The minimum atomic E-state index is -0.516. The molecule has 2 aromatic carbocycles. The molecule has 4 heteroatoms. The maximum Gasteiger partial charge on any atom is 0.193 e. The second-order valence-electron chi connectivity index (χ2n) is 5.02. The second-order valence-corrected chi connectivity index (χ2v) is 5.02. The lowest BCUT2D eigenvalue weighted by atomic mass is 9.99. The van der Waals surface area contributed by atoms with Gasteiger partial charge in [-0.2, -0.15) is 0 Å². The largest absolute Gasteiger partial charge is 0.490 e. The van der Waals surface area contributed by atoms with E-state index >= 15 is 0 Å². The molecule has 2 aromatic rings. The lowest BCUT2D eigenvalue weighted by molar-refractivity contribution is 0.103. The summed E-state index contributed by atoms with van der Waals surface area (Å²) in [4.78, 5) is 12.4. The number of anilines is 1. The minimum absolute atomic E-state index is 0.0195. The van der Waals surface area contributed by atoms with Crippen molar-refractivity contribution in [1.82, 2.24) is 0 Å². The van der Waals surface area contributed by atoms with Gasteiger partial charge in [0.05, 0.1) is 5.69 Å². The van der Waals surface area contributed by atoms with Crippen LogP contribution in [0.1, 0.15) is 28.4 Å². The highest BCUT2D eigenvalue weighted by Gasteiger charge is 2.21. The van der Waals surface area contributed by atoms with Crippen molar-refractivity contribution >= 4 is 11.5 Å². The molecule has 0 radical (unpaired) electrons. The lowest BCUT2D eigenvalue weighted by Crippen LogP contribution is -2.05. The molecule has 0 aliphatic carbocycles. The average molecular weight is 271 g/mol. The number of hydrogen-bond donors (Lipinski definition) is 1. The summed E-state index contributed by atoms with van der Waals surface area (Å²) in [6.45, 7) is 1.99. The van der Waals surface area contributed by atoms with E-state index in [0.29, 0.717) is 11.1 Å². The smallest absolute Gasteiger partial charge is 0.193 e. The molecule has 1 heterocycles. The molecule has 102 valence electrons. The zero-order valence-electron chi connectivity index (χ0n) is 11.0. The quantitative estimate of drug-likeness (QED) is 0.675. The summed E-state index contributed by atoms with van der Waals surface area (Å²) in [5, 5.41) is 0. The molecule has 1 aliphatic rings. The Hall–Kier alpha value is -2.36. The molecule has 3 rings (SSSR count). The van der Waals surface area contributed by atoms with Crippen LogP contribution in [0.3, 0.4) is 0 Å². The zero-order valence-corrected chi connectivity index (χ0v) is 11.0. The van der Waals surface area contributed by atoms with Crippen molar-refractivity contribution in [3.05, 3.63) is 58.9 Å². The van der Waals surface area contributed by atoms with Crippen LogP contribution >= 0.6 is 0 Å². The summed E-state index contributed by atoms with van der Waals surface area (Å²) in [6.07, 6.45) is 0.930. The molecule has 1 atom stereocenters. The Morgan fingerprint density at radius 1 is 1.25 bits per heavy atom. The van der Waals surface area contributed by atoms with Crippen molar-refractivity contribution in [2.75, 3.05) is 5.73 Å². The van der Waals surface area contributed by atoms with Crippen LogP contribution in [0.15, 0.2) is 36.4 Å². The standard InChI is InChI=1S/C16H14FNO2/c1-9-6-12-7-10(3-5-15(12)20-9)16(19)11-2-4-13(17)14(18)8-11/h2-5,7-9H,6,18H2,1H3. The Labute approximate surface area is 116 Å². The van der Waals surface area contributed by atoms with Crippen molar-refractivity contribution in [2.24, 2.45) is 0 Å². The predicted molar refractivity (Wildman–Crippen MR) is 74.5 cm³/mol. The number of carbonyl (C=O) groups excluding carboxylic acids is 1. The first kappa shape index (κ1) is 12.7. The summed E-state index contributed by atoms with van der Waals surface area (Å²) in [6, 6.07) is 9.38. The van der Waals surface area contributed by atoms with E-state index in [2.05, 4.69) is 0 Å². The van der Waals surface area contributed by atoms with Crippen LogP contribution in [0.4, 0.5) is 10.1 Å². The second kappa shape index (κ2) is 4.63. The number of ether oxygens (including phenoxy) is 1. The number of ketones is 1. The maximum absolute atomic E-state index is 13.1. The SMILES string of the molecule is CC1Cc2cc(C(=O)c3ccc(F)c(N)c3)ccc2O1. The fourth-order valence-corrected chi connectivity index (χ4v) is 2.41. The highest BCUT2D eigenvalue weighted by molar-refractivity contribution is 6.09. The summed E-state index contributed by atoms with van der Waals surface area (Å²) in [5.41, 5.74) is 7.45. The van der Waals surface area contributed by atoms with Gasteiger partial charge in [-0.05, 0) is 48.9 Å². The third-order valence-electron chi connectivity index (χ3n) is 3.42. The van der Waals surface area contributed by atoms with Crippen LogP contribution in [0, 0.1) is 5.82 Å². The van der Waals surface area contributed by atoms with E-state index in [1.54, 1.807) is 12.1 Å². The molecule has 0 amide bonds. The van der Waals surface area contributed by atoms with Gasteiger partial charge in [0.25, 0.3) is 0 Å². The number of fused-ring (bicyclic) bond motifs is 1. The molecule has 0 fully saturated rings. The number of nitrogens with two attached hydrogens (primary N) is 1. The van der Waals surface area contributed by atoms with Gasteiger partial charge in [-0.15, -0.1) is 0 Å². The number of carbonyl (C=O) groups is 1. The van der Waals surface area contributed by atoms with E-state index in [9.17, 15) is 9.18 Å². The van der Waals surface area contributed by atoms with Crippen LogP contribution in [0.2, 0.25) is 0 Å². The van der Waals surface area contributed by atoms with E-state index in [1.165, 1.54) is 18.2 Å². The Bertz CT molecular complexity index is 697. The Kier molecular flexibility index (Phi) is 2.93. The topological polar surface area (TPSA) is 52.3 Å². The Balaban J connectivity index is 1.95. The average Bonchev–Trinajstić information content (AvgIpc) is 2.80. The van der Waals surface area contributed by atoms with E-state index < -0.39 is 5.82 Å². The molecule has 0 saturated heterocycles. The van der Waals surface area contributed by atoms with E-state index in [1.807, 2.05) is 13.0 Å². The van der Waals surface area contributed by atoms with Gasteiger partial charge in [0.1, 0.15) is 17.7 Å². The molecule has 2 N–H and O–H groups in total. The maximum atomic E-state index is 13.1. The molecule has 3 nitrogen and oxygen atoms in total. The number of halogens is 1. The summed E-state index contributed by atoms with van der Waals surface area (Å²) < 4.78 is 18.7. The van der Waals surface area contributed by atoms with Crippen molar-refractivity contribution in [2.45, 2.75) is 19.4 Å². The molecule has 1 unspecified atom stereocenters. The van der Waals surface area contributed by atoms with Gasteiger partial charge in [-0.3, -0.25) is 4.79 Å².